The molecule has 11 heteroatoms. The minimum atomic E-state index is -4.46. The first-order valence-corrected chi connectivity index (χ1v) is 9.79. The summed E-state index contributed by atoms with van der Waals surface area (Å²) in [7, 11) is -3.01. The van der Waals surface area contributed by atoms with Crippen molar-refractivity contribution in [2.45, 2.75) is 12.7 Å². The topological polar surface area (TPSA) is 112 Å². The number of amides is 1. The zero-order valence-corrected chi connectivity index (χ0v) is 14.6. The molecule has 26 heavy (non-hydrogen) atoms. The third-order valence-corrected chi connectivity index (χ3v) is 4.45. The molecule has 0 radical (unpaired) electrons. The van der Waals surface area contributed by atoms with Crippen LogP contribution in [-0.4, -0.2) is 39.4 Å². The average Bonchev–Trinajstić information content (AvgIpc) is 2.53. The standard InChI is InChI=1S/C15H15F3N3O4P/c1-26(2,25)14-20-10(11(22)13(24)21-14)12(23)19-7-8-3-5-9(6-4-8)15(16,17)18/h3-6,22H,7H2,1-2H3,(H,19,23)(H,20,21,24). The Balaban J connectivity index is 2.18. The van der Waals surface area contributed by atoms with Crippen LogP contribution < -0.4 is 10.9 Å². The van der Waals surface area contributed by atoms with Gasteiger partial charge >= 0.3 is 6.18 Å². The maximum Gasteiger partial charge on any atom is 0.416 e. The second-order valence-electron chi connectivity index (χ2n) is 5.77. The van der Waals surface area contributed by atoms with Crippen LogP contribution >= 0.6 is 7.14 Å². The second-order valence-corrected chi connectivity index (χ2v) is 8.87. The van der Waals surface area contributed by atoms with Crippen LogP contribution in [0, 0.1) is 0 Å². The molecule has 0 aliphatic rings. The normalized spacial score (nSPS) is 12.0. The fourth-order valence-electron chi connectivity index (χ4n) is 1.91. The monoisotopic (exact) mass is 389 g/mol. The lowest BCUT2D eigenvalue weighted by Gasteiger charge is -2.11. The van der Waals surface area contributed by atoms with E-state index in [9.17, 15) is 32.7 Å². The van der Waals surface area contributed by atoms with Gasteiger partial charge in [0.25, 0.3) is 11.8 Å². The molecule has 1 heterocycles. The van der Waals surface area contributed by atoms with Crippen molar-refractivity contribution in [3.05, 3.63) is 41.1 Å². The molecule has 1 aromatic heterocycles. The molecule has 2 aromatic rings. The quantitative estimate of drug-likeness (QED) is 0.691. The van der Waals surface area contributed by atoms with E-state index in [1.165, 1.54) is 25.5 Å². The summed E-state index contributed by atoms with van der Waals surface area (Å²) >= 11 is 0. The average molecular weight is 389 g/mol. The summed E-state index contributed by atoms with van der Waals surface area (Å²) in [6, 6.07) is 4.13. The van der Waals surface area contributed by atoms with Crippen LogP contribution in [0.1, 0.15) is 21.6 Å². The van der Waals surface area contributed by atoms with E-state index in [1.807, 2.05) is 0 Å². The number of benzene rings is 1. The highest BCUT2D eigenvalue weighted by Crippen LogP contribution is 2.35. The molecule has 1 aromatic carbocycles. The van der Waals surface area contributed by atoms with E-state index in [2.05, 4.69) is 15.3 Å². The van der Waals surface area contributed by atoms with Gasteiger partial charge in [0.05, 0.1) is 5.56 Å². The molecule has 2 rings (SSSR count). The molecule has 0 saturated heterocycles. The summed E-state index contributed by atoms with van der Waals surface area (Å²) in [4.78, 5) is 19.4. The smallest absolute Gasteiger partial charge is 0.416 e. The highest BCUT2D eigenvalue weighted by atomic mass is 31.2. The number of carbonyl (C=O) groups excluding carboxylic acids is 1. The third-order valence-electron chi connectivity index (χ3n) is 3.28. The van der Waals surface area contributed by atoms with Crippen LogP contribution in [0.15, 0.2) is 24.3 Å². The van der Waals surface area contributed by atoms with Crippen molar-refractivity contribution in [3.63, 3.8) is 0 Å². The van der Waals surface area contributed by atoms with Crippen LogP contribution in [-0.2, 0) is 17.3 Å². The predicted octanol–water partition coefficient (Wildman–Crippen LogP) is 2.08. The molecule has 0 fully saturated rings. The molecule has 0 aliphatic heterocycles. The highest BCUT2D eigenvalue weighted by Gasteiger charge is 2.30. The summed E-state index contributed by atoms with van der Waals surface area (Å²) in [5.41, 5.74) is -1.31. The number of rotatable bonds is 4. The summed E-state index contributed by atoms with van der Waals surface area (Å²) in [5.74, 6) is -2.68. The van der Waals surface area contributed by atoms with Gasteiger partial charge in [0, 0.05) is 6.54 Å². The van der Waals surface area contributed by atoms with Gasteiger partial charge in [-0.25, -0.2) is 4.98 Å². The zero-order valence-electron chi connectivity index (χ0n) is 13.7. The van der Waals surface area contributed by atoms with Crippen molar-refractivity contribution >= 4 is 18.6 Å². The molecule has 7 nitrogen and oxygen atoms in total. The third kappa shape index (κ3) is 4.51. The number of alkyl halides is 3. The summed E-state index contributed by atoms with van der Waals surface area (Å²) in [6.07, 6.45) is -4.46. The number of hydrogen-bond acceptors (Lipinski definition) is 6. The number of carbonyl (C=O) groups is 1. The molecule has 0 saturated carbocycles. The largest absolute Gasteiger partial charge is 0.501 e. The van der Waals surface area contributed by atoms with Crippen LogP contribution in [0.5, 0.6) is 11.6 Å². The molecule has 0 bridgehead atoms. The Bertz CT molecular complexity index is 879. The number of aromatic nitrogens is 2. The molecule has 0 unspecified atom stereocenters. The molecular formula is C15H15F3N3O4P. The SMILES string of the molecule is CP(C)(=O)c1nc(O)c(O)c(C(=O)NCc2ccc(C(F)(F)F)cc2)n1. The minimum Gasteiger partial charge on any atom is -0.501 e. The van der Waals surface area contributed by atoms with Crippen LogP contribution in [0.4, 0.5) is 13.2 Å². The Morgan fingerprint density at radius 1 is 1.15 bits per heavy atom. The number of nitrogens with one attached hydrogen (secondary N) is 1. The van der Waals surface area contributed by atoms with Gasteiger partial charge in [-0.2, -0.15) is 18.2 Å². The molecule has 0 atom stereocenters. The van der Waals surface area contributed by atoms with E-state index >= 15 is 0 Å². The van der Waals surface area contributed by atoms with E-state index < -0.39 is 42.1 Å². The fourth-order valence-corrected chi connectivity index (χ4v) is 2.58. The van der Waals surface area contributed by atoms with Gasteiger partial charge in [0.2, 0.25) is 5.75 Å². The van der Waals surface area contributed by atoms with Gasteiger partial charge in [-0.05, 0) is 31.0 Å². The minimum absolute atomic E-state index is 0.146. The molecule has 1 amide bonds. The predicted molar refractivity (Wildman–Crippen MR) is 87.1 cm³/mol. The summed E-state index contributed by atoms with van der Waals surface area (Å²) < 4.78 is 49.5. The first kappa shape index (κ1) is 19.7. The first-order valence-electron chi connectivity index (χ1n) is 7.19. The maximum atomic E-state index is 12.5. The summed E-state index contributed by atoms with van der Waals surface area (Å²) in [5, 5.41) is 21.7. The lowest BCUT2D eigenvalue weighted by atomic mass is 10.1. The Kier molecular flexibility index (Phi) is 5.27. The number of nitrogens with zero attached hydrogens (tertiary/aromatic N) is 2. The van der Waals surface area contributed by atoms with E-state index in [1.54, 1.807) is 0 Å². The molecule has 3 N–H and O–H groups in total. The van der Waals surface area contributed by atoms with Gasteiger partial charge in [0.15, 0.2) is 11.3 Å². The van der Waals surface area contributed by atoms with E-state index in [-0.39, 0.29) is 12.1 Å². The van der Waals surface area contributed by atoms with Crippen molar-refractivity contribution in [1.29, 1.82) is 0 Å². The van der Waals surface area contributed by atoms with Crippen LogP contribution in [0.3, 0.4) is 0 Å². The Morgan fingerprint density at radius 3 is 2.23 bits per heavy atom. The lowest BCUT2D eigenvalue weighted by molar-refractivity contribution is -0.137. The highest BCUT2D eigenvalue weighted by molar-refractivity contribution is 7.69. The van der Waals surface area contributed by atoms with Crippen molar-refractivity contribution in [3.8, 4) is 11.6 Å². The zero-order chi connectivity index (χ0) is 19.7. The van der Waals surface area contributed by atoms with Crippen LogP contribution in [0.25, 0.3) is 0 Å². The molecule has 140 valence electrons. The second kappa shape index (κ2) is 6.95. The lowest BCUT2D eigenvalue weighted by Crippen LogP contribution is -2.27. The van der Waals surface area contributed by atoms with Crippen molar-refractivity contribution in [1.82, 2.24) is 15.3 Å². The Morgan fingerprint density at radius 2 is 1.73 bits per heavy atom. The summed E-state index contributed by atoms with van der Waals surface area (Å²) in [6.45, 7) is 2.50. The van der Waals surface area contributed by atoms with Crippen LogP contribution in [0.2, 0.25) is 0 Å². The maximum absolute atomic E-state index is 12.5. The van der Waals surface area contributed by atoms with E-state index in [0.29, 0.717) is 5.56 Å². The van der Waals surface area contributed by atoms with E-state index in [4.69, 9.17) is 0 Å². The Labute approximate surface area is 146 Å². The molecular weight excluding hydrogens is 374 g/mol. The molecule has 0 spiro atoms. The number of aromatic hydroxyl groups is 2. The van der Waals surface area contributed by atoms with Gasteiger partial charge in [-0.1, -0.05) is 12.1 Å². The van der Waals surface area contributed by atoms with E-state index in [0.717, 1.165) is 12.1 Å². The fraction of sp³-hybridized carbons (Fsp3) is 0.267. The van der Waals surface area contributed by atoms with Gasteiger partial charge in [-0.15, -0.1) is 0 Å². The van der Waals surface area contributed by atoms with Gasteiger partial charge in [0.1, 0.15) is 7.14 Å². The first-order chi connectivity index (χ1) is 11.9. The van der Waals surface area contributed by atoms with Gasteiger partial charge in [-0.3, -0.25) is 4.79 Å². The number of halogens is 3. The van der Waals surface area contributed by atoms with Gasteiger partial charge < -0.3 is 20.1 Å². The Hall–Kier alpha value is -2.61. The van der Waals surface area contributed by atoms with Crippen molar-refractivity contribution in [2.24, 2.45) is 0 Å². The molecule has 0 aliphatic carbocycles. The van der Waals surface area contributed by atoms with Crippen molar-refractivity contribution in [2.75, 3.05) is 13.3 Å². The number of hydrogen-bond donors (Lipinski definition) is 3. The van der Waals surface area contributed by atoms with Crippen molar-refractivity contribution < 1.29 is 32.7 Å².